The molecule has 1 aliphatic heterocycles. The molecule has 18 heavy (non-hydrogen) atoms. The molecule has 0 radical (unpaired) electrons. The molecule has 1 heterocycles. The van der Waals surface area contributed by atoms with E-state index in [-0.39, 0.29) is 12.5 Å². The summed E-state index contributed by atoms with van der Waals surface area (Å²) >= 11 is 0. The summed E-state index contributed by atoms with van der Waals surface area (Å²) in [7, 11) is 0. The van der Waals surface area contributed by atoms with Gasteiger partial charge in [-0.05, 0) is 50.4 Å². The van der Waals surface area contributed by atoms with Crippen LogP contribution in [0.15, 0.2) is 24.3 Å². The fourth-order valence-electron chi connectivity index (χ4n) is 2.57. The van der Waals surface area contributed by atoms with Crippen LogP contribution in [-0.2, 0) is 0 Å². The molecule has 0 spiro atoms. The van der Waals surface area contributed by atoms with Crippen molar-refractivity contribution < 1.29 is 9.84 Å². The van der Waals surface area contributed by atoms with E-state index >= 15 is 0 Å². The number of hydrogen-bond acceptors (Lipinski definition) is 3. The Hall–Kier alpha value is -1.06. The van der Waals surface area contributed by atoms with Crippen molar-refractivity contribution >= 4 is 0 Å². The minimum absolute atomic E-state index is 0.219. The Labute approximate surface area is 109 Å². The minimum atomic E-state index is 0.219. The highest BCUT2D eigenvalue weighted by atomic mass is 16.5. The number of rotatable bonds is 5. The fraction of sp³-hybridized carbons (Fsp3) is 0.600. The first-order chi connectivity index (χ1) is 8.81. The van der Waals surface area contributed by atoms with E-state index < -0.39 is 0 Å². The summed E-state index contributed by atoms with van der Waals surface area (Å²) < 4.78 is 5.86. The molecular formula is C15H23NO2. The van der Waals surface area contributed by atoms with Crippen LogP contribution >= 0.6 is 0 Å². The standard InChI is InChI=1S/C15H23NO2/c1-12-4-2-3-5-15(12)18-11-14(10-17)13-6-8-16-9-7-13/h2-5,13-14,16-17H,6-11H2,1H3. The van der Waals surface area contributed by atoms with Crippen molar-refractivity contribution in [3.05, 3.63) is 29.8 Å². The largest absolute Gasteiger partial charge is 0.493 e. The van der Waals surface area contributed by atoms with Crippen molar-refractivity contribution in [3.8, 4) is 5.75 Å². The molecule has 1 atom stereocenters. The maximum atomic E-state index is 9.53. The summed E-state index contributed by atoms with van der Waals surface area (Å²) in [4.78, 5) is 0. The second kappa shape index (κ2) is 6.76. The molecule has 0 amide bonds. The van der Waals surface area contributed by atoms with Crippen molar-refractivity contribution in [1.29, 1.82) is 0 Å². The Bertz CT molecular complexity index is 361. The van der Waals surface area contributed by atoms with Crippen molar-refractivity contribution in [3.63, 3.8) is 0 Å². The van der Waals surface area contributed by atoms with Crippen LogP contribution in [0, 0.1) is 18.8 Å². The third-order valence-corrected chi connectivity index (χ3v) is 3.83. The summed E-state index contributed by atoms with van der Waals surface area (Å²) in [5, 5.41) is 12.9. The Morgan fingerprint density at radius 1 is 1.33 bits per heavy atom. The first-order valence-electron chi connectivity index (χ1n) is 6.81. The number of benzene rings is 1. The highest BCUT2D eigenvalue weighted by Crippen LogP contribution is 2.24. The van der Waals surface area contributed by atoms with Crippen LogP contribution in [0.3, 0.4) is 0 Å². The fourth-order valence-corrected chi connectivity index (χ4v) is 2.57. The second-order valence-electron chi connectivity index (χ2n) is 5.11. The van der Waals surface area contributed by atoms with Crippen LogP contribution in [0.4, 0.5) is 0 Å². The van der Waals surface area contributed by atoms with Crippen molar-refractivity contribution in [1.82, 2.24) is 5.32 Å². The van der Waals surface area contributed by atoms with E-state index in [4.69, 9.17) is 4.74 Å². The van der Waals surface area contributed by atoms with E-state index in [1.165, 1.54) is 0 Å². The highest BCUT2D eigenvalue weighted by molar-refractivity contribution is 5.31. The lowest BCUT2D eigenvalue weighted by Gasteiger charge is -2.29. The summed E-state index contributed by atoms with van der Waals surface area (Å²) in [6.07, 6.45) is 2.28. The van der Waals surface area contributed by atoms with Crippen LogP contribution in [-0.4, -0.2) is 31.4 Å². The van der Waals surface area contributed by atoms with Gasteiger partial charge in [-0.2, -0.15) is 0 Å². The lowest BCUT2D eigenvalue weighted by atomic mass is 9.86. The topological polar surface area (TPSA) is 41.5 Å². The Balaban J connectivity index is 1.88. The van der Waals surface area contributed by atoms with Gasteiger partial charge in [-0.3, -0.25) is 0 Å². The molecule has 2 N–H and O–H groups in total. The zero-order valence-corrected chi connectivity index (χ0v) is 11.1. The number of aryl methyl sites for hydroxylation is 1. The average Bonchev–Trinajstić information content (AvgIpc) is 2.42. The van der Waals surface area contributed by atoms with Crippen molar-refractivity contribution in [2.45, 2.75) is 19.8 Å². The number of para-hydroxylation sites is 1. The van der Waals surface area contributed by atoms with Gasteiger partial charge in [0.2, 0.25) is 0 Å². The molecule has 1 unspecified atom stereocenters. The molecule has 1 aromatic carbocycles. The summed E-state index contributed by atoms with van der Waals surface area (Å²) in [6.45, 7) is 5.01. The predicted octanol–water partition coefficient (Wildman–Crippen LogP) is 1.98. The number of aliphatic hydroxyl groups excluding tert-OH is 1. The van der Waals surface area contributed by atoms with Crippen molar-refractivity contribution in [2.75, 3.05) is 26.3 Å². The molecular weight excluding hydrogens is 226 g/mol. The van der Waals surface area contributed by atoms with Gasteiger partial charge in [0.1, 0.15) is 5.75 Å². The van der Waals surface area contributed by atoms with Gasteiger partial charge < -0.3 is 15.2 Å². The van der Waals surface area contributed by atoms with E-state index in [1.54, 1.807) is 0 Å². The molecule has 1 fully saturated rings. The predicted molar refractivity (Wildman–Crippen MR) is 72.8 cm³/mol. The van der Waals surface area contributed by atoms with Gasteiger partial charge in [-0.25, -0.2) is 0 Å². The molecule has 1 saturated heterocycles. The molecule has 100 valence electrons. The average molecular weight is 249 g/mol. The van der Waals surface area contributed by atoms with Crippen LogP contribution < -0.4 is 10.1 Å². The normalized spacial score (nSPS) is 18.6. The minimum Gasteiger partial charge on any atom is -0.493 e. The smallest absolute Gasteiger partial charge is 0.122 e. The Morgan fingerprint density at radius 3 is 2.72 bits per heavy atom. The molecule has 0 aromatic heterocycles. The Kier molecular flexibility index (Phi) is 5.02. The van der Waals surface area contributed by atoms with Gasteiger partial charge in [0.25, 0.3) is 0 Å². The maximum Gasteiger partial charge on any atom is 0.122 e. The van der Waals surface area contributed by atoms with Gasteiger partial charge in [0.05, 0.1) is 6.61 Å². The molecule has 0 aliphatic carbocycles. The van der Waals surface area contributed by atoms with Crippen LogP contribution in [0.2, 0.25) is 0 Å². The van der Waals surface area contributed by atoms with E-state index in [1.807, 2.05) is 31.2 Å². The molecule has 0 bridgehead atoms. The molecule has 0 saturated carbocycles. The molecule has 2 rings (SSSR count). The van der Waals surface area contributed by atoms with Gasteiger partial charge in [0.15, 0.2) is 0 Å². The SMILES string of the molecule is Cc1ccccc1OCC(CO)C1CCNCC1. The second-order valence-corrected chi connectivity index (χ2v) is 5.11. The van der Waals surface area contributed by atoms with E-state index in [0.29, 0.717) is 12.5 Å². The van der Waals surface area contributed by atoms with E-state index in [0.717, 1.165) is 37.2 Å². The summed E-state index contributed by atoms with van der Waals surface area (Å²) in [5.41, 5.74) is 1.15. The van der Waals surface area contributed by atoms with E-state index in [2.05, 4.69) is 5.32 Å². The number of hydrogen-bond donors (Lipinski definition) is 2. The number of ether oxygens (including phenoxy) is 1. The maximum absolute atomic E-state index is 9.53. The molecule has 3 heteroatoms. The van der Waals surface area contributed by atoms with Gasteiger partial charge in [0, 0.05) is 12.5 Å². The van der Waals surface area contributed by atoms with Crippen molar-refractivity contribution in [2.24, 2.45) is 11.8 Å². The third kappa shape index (κ3) is 3.47. The van der Waals surface area contributed by atoms with Gasteiger partial charge >= 0.3 is 0 Å². The number of aliphatic hydroxyl groups is 1. The lowest BCUT2D eigenvalue weighted by molar-refractivity contribution is 0.101. The van der Waals surface area contributed by atoms with Gasteiger partial charge in [-0.15, -0.1) is 0 Å². The zero-order chi connectivity index (χ0) is 12.8. The lowest BCUT2D eigenvalue weighted by Crippen LogP contribution is -2.35. The van der Waals surface area contributed by atoms with Gasteiger partial charge in [-0.1, -0.05) is 18.2 Å². The molecule has 3 nitrogen and oxygen atoms in total. The third-order valence-electron chi connectivity index (χ3n) is 3.83. The zero-order valence-electron chi connectivity index (χ0n) is 11.1. The number of nitrogens with one attached hydrogen (secondary N) is 1. The highest BCUT2D eigenvalue weighted by Gasteiger charge is 2.23. The van der Waals surface area contributed by atoms with Crippen LogP contribution in [0.25, 0.3) is 0 Å². The monoisotopic (exact) mass is 249 g/mol. The number of piperidine rings is 1. The summed E-state index contributed by atoms with van der Waals surface area (Å²) in [6, 6.07) is 8.04. The van der Waals surface area contributed by atoms with Crippen LogP contribution in [0.1, 0.15) is 18.4 Å². The first kappa shape index (κ1) is 13.4. The first-order valence-corrected chi connectivity index (χ1v) is 6.81. The molecule has 1 aromatic rings. The quantitative estimate of drug-likeness (QED) is 0.838. The molecule has 1 aliphatic rings. The van der Waals surface area contributed by atoms with E-state index in [9.17, 15) is 5.11 Å². The summed E-state index contributed by atoms with van der Waals surface area (Å²) in [5.74, 6) is 1.77. The van der Waals surface area contributed by atoms with Crippen LogP contribution in [0.5, 0.6) is 5.75 Å². The Morgan fingerprint density at radius 2 is 2.06 bits per heavy atom.